The Balaban J connectivity index is 2.02. The van der Waals surface area contributed by atoms with Crippen LogP contribution in [-0.2, 0) is 16.1 Å². The molecule has 0 aromatic heterocycles. The lowest BCUT2D eigenvalue weighted by molar-refractivity contribution is -0.164. The molecule has 0 saturated heterocycles. The number of hydrogen-bond donors (Lipinski definition) is 1. The van der Waals surface area contributed by atoms with Crippen LogP contribution in [0.4, 0.5) is 0 Å². The Kier molecular flexibility index (Phi) is 6.54. The van der Waals surface area contributed by atoms with E-state index in [4.69, 9.17) is 18.9 Å². The number of methoxy groups -OCH3 is 2. The second-order valence-electron chi connectivity index (χ2n) is 8.88. The van der Waals surface area contributed by atoms with Gasteiger partial charge in [0.05, 0.1) is 19.6 Å². The number of nitriles is 1. The van der Waals surface area contributed by atoms with Crippen LogP contribution in [0.3, 0.4) is 0 Å². The molecule has 1 amide bonds. The zero-order chi connectivity index (χ0) is 24.4. The molecule has 3 rings (SSSR count). The number of amides is 1. The molecule has 1 aliphatic heterocycles. The van der Waals surface area contributed by atoms with Crippen molar-refractivity contribution in [3.05, 3.63) is 41.5 Å². The van der Waals surface area contributed by atoms with Gasteiger partial charge >= 0.3 is 5.97 Å². The van der Waals surface area contributed by atoms with Crippen molar-refractivity contribution in [3.63, 3.8) is 0 Å². The molecule has 33 heavy (non-hydrogen) atoms. The van der Waals surface area contributed by atoms with Crippen molar-refractivity contribution in [2.24, 2.45) is 5.41 Å². The van der Waals surface area contributed by atoms with Gasteiger partial charge in [0, 0.05) is 17.7 Å². The number of hydrogen-bond acceptors (Lipinski definition) is 7. The second-order valence-corrected chi connectivity index (χ2v) is 8.88. The van der Waals surface area contributed by atoms with Crippen LogP contribution in [-0.4, -0.2) is 38.3 Å². The third-order valence-electron chi connectivity index (χ3n) is 5.38. The van der Waals surface area contributed by atoms with E-state index in [9.17, 15) is 14.9 Å². The topological polar surface area (TPSA) is 107 Å². The molecule has 8 heteroatoms. The van der Waals surface area contributed by atoms with E-state index in [2.05, 4.69) is 5.32 Å². The lowest BCUT2D eigenvalue weighted by atomic mass is 9.93. The van der Waals surface area contributed by atoms with E-state index in [1.54, 1.807) is 26.0 Å². The van der Waals surface area contributed by atoms with Crippen molar-refractivity contribution in [1.82, 2.24) is 5.32 Å². The molecule has 2 aromatic rings. The fourth-order valence-corrected chi connectivity index (χ4v) is 3.46. The van der Waals surface area contributed by atoms with Crippen LogP contribution in [0.2, 0.25) is 0 Å². The monoisotopic (exact) mass is 452 g/mol. The summed E-state index contributed by atoms with van der Waals surface area (Å²) in [6.45, 7) is 6.76. The van der Waals surface area contributed by atoms with Crippen LogP contribution in [0.15, 0.2) is 30.3 Å². The summed E-state index contributed by atoms with van der Waals surface area (Å²) >= 11 is 0. The highest BCUT2D eigenvalue weighted by atomic mass is 16.6. The highest BCUT2D eigenvalue weighted by Crippen LogP contribution is 2.46. The minimum atomic E-state index is -1.25. The second kappa shape index (κ2) is 9.02. The number of nitrogens with one attached hydrogen (secondary N) is 1. The SMILES string of the molecule is COc1ccc(-c2cccc3c2CNC3=O)c(OCC(C)(C)C(=O)OC(C)(C)C#N)c1OC. The molecule has 0 saturated carbocycles. The first-order valence-corrected chi connectivity index (χ1v) is 10.5. The van der Waals surface area contributed by atoms with Gasteiger partial charge in [0.2, 0.25) is 5.75 Å². The average Bonchev–Trinajstić information content (AvgIpc) is 3.17. The highest BCUT2D eigenvalue weighted by Gasteiger charge is 2.36. The maximum absolute atomic E-state index is 12.7. The number of benzene rings is 2. The Hall–Kier alpha value is -3.73. The summed E-state index contributed by atoms with van der Waals surface area (Å²) in [6, 6.07) is 11.0. The van der Waals surface area contributed by atoms with E-state index < -0.39 is 17.0 Å². The van der Waals surface area contributed by atoms with Gasteiger partial charge in [-0.2, -0.15) is 5.26 Å². The fraction of sp³-hybridized carbons (Fsp3) is 0.400. The molecule has 0 radical (unpaired) electrons. The molecule has 1 N–H and O–H groups in total. The van der Waals surface area contributed by atoms with Gasteiger partial charge in [-0.3, -0.25) is 9.59 Å². The molecule has 0 atom stereocenters. The fourth-order valence-electron chi connectivity index (χ4n) is 3.46. The molecule has 0 spiro atoms. The summed E-state index contributed by atoms with van der Waals surface area (Å²) in [5.41, 5.74) is 0.660. The van der Waals surface area contributed by atoms with Crippen LogP contribution in [0.1, 0.15) is 43.6 Å². The minimum Gasteiger partial charge on any atom is -0.493 e. The Labute approximate surface area is 193 Å². The van der Waals surface area contributed by atoms with Gasteiger partial charge < -0.3 is 24.3 Å². The van der Waals surface area contributed by atoms with Gasteiger partial charge in [-0.05, 0) is 57.0 Å². The number of ether oxygens (including phenoxy) is 4. The number of fused-ring (bicyclic) bond motifs is 1. The largest absolute Gasteiger partial charge is 0.493 e. The zero-order valence-corrected chi connectivity index (χ0v) is 19.7. The smallest absolute Gasteiger partial charge is 0.316 e. The summed E-state index contributed by atoms with van der Waals surface area (Å²) in [7, 11) is 3.03. The number of rotatable bonds is 8. The molecule has 8 nitrogen and oxygen atoms in total. The van der Waals surface area contributed by atoms with Crippen LogP contribution < -0.4 is 19.5 Å². The predicted octanol–water partition coefficient (Wildman–Crippen LogP) is 3.86. The third kappa shape index (κ3) is 4.72. The molecular weight excluding hydrogens is 424 g/mol. The summed E-state index contributed by atoms with van der Waals surface area (Å²) in [4.78, 5) is 24.9. The van der Waals surface area contributed by atoms with Gasteiger partial charge in [0.1, 0.15) is 12.7 Å². The minimum absolute atomic E-state index is 0.0456. The number of carbonyl (C=O) groups is 2. The van der Waals surface area contributed by atoms with Gasteiger partial charge in [-0.1, -0.05) is 12.1 Å². The first kappa shape index (κ1) is 23.9. The van der Waals surface area contributed by atoms with Crippen molar-refractivity contribution in [2.75, 3.05) is 20.8 Å². The lowest BCUT2D eigenvalue weighted by Crippen LogP contribution is -2.38. The highest BCUT2D eigenvalue weighted by molar-refractivity contribution is 6.01. The molecule has 2 aromatic carbocycles. The average molecular weight is 453 g/mol. The molecule has 1 aliphatic rings. The van der Waals surface area contributed by atoms with E-state index in [-0.39, 0.29) is 12.5 Å². The Morgan fingerprint density at radius 2 is 1.73 bits per heavy atom. The Morgan fingerprint density at radius 1 is 1.03 bits per heavy atom. The Bertz CT molecular complexity index is 1130. The molecule has 0 unspecified atom stereocenters. The van der Waals surface area contributed by atoms with Gasteiger partial charge in [-0.25, -0.2) is 0 Å². The van der Waals surface area contributed by atoms with E-state index in [1.165, 1.54) is 28.1 Å². The standard InChI is InChI=1S/C25H28N2O6/c1-24(2,23(29)33-25(3,4)13-26)14-32-20-16(10-11-19(30-5)21(20)31-6)15-8-7-9-17-18(15)12-27-22(17)28/h7-11H,12,14H2,1-6H3,(H,27,28). The Morgan fingerprint density at radius 3 is 2.36 bits per heavy atom. The maximum atomic E-state index is 12.7. The van der Waals surface area contributed by atoms with Crippen LogP contribution in [0, 0.1) is 16.7 Å². The van der Waals surface area contributed by atoms with E-state index in [1.807, 2.05) is 24.3 Å². The summed E-state index contributed by atoms with van der Waals surface area (Å²) in [6.07, 6.45) is 0. The molecule has 0 fully saturated rings. The van der Waals surface area contributed by atoms with Crippen molar-refractivity contribution >= 4 is 11.9 Å². The van der Waals surface area contributed by atoms with Crippen LogP contribution in [0.25, 0.3) is 11.1 Å². The normalized spacial score (nSPS) is 12.9. The van der Waals surface area contributed by atoms with Gasteiger partial charge in [0.15, 0.2) is 17.1 Å². The van der Waals surface area contributed by atoms with Gasteiger partial charge in [0.25, 0.3) is 5.91 Å². The van der Waals surface area contributed by atoms with Crippen molar-refractivity contribution in [2.45, 2.75) is 39.8 Å². The van der Waals surface area contributed by atoms with E-state index in [0.29, 0.717) is 34.9 Å². The molecule has 0 bridgehead atoms. The lowest BCUT2D eigenvalue weighted by Gasteiger charge is -2.28. The zero-order valence-electron chi connectivity index (χ0n) is 19.7. The molecular formula is C25H28N2O6. The van der Waals surface area contributed by atoms with Crippen molar-refractivity contribution < 1.29 is 28.5 Å². The first-order chi connectivity index (χ1) is 15.5. The van der Waals surface area contributed by atoms with Crippen LogP contribution in [0.5, 0.6) is 17.2 Å². The third-order valence-corrected chi connectivity index (χ3v) is 5.38. The van der Waals surface area contributed by atoms with E-state index in [0.717, 1.165) is 11.1 Å². The molecule has 174 valence electrons. The van der Waals surface area contributed by atoms with Crippen molar-refractivity contribution in [1.29, 1.82) is 5.26 Å². The quantitative estimate of drug-likeness (QED) is 0.606. The number of carbonyl (C=O) groups excluding carboxylic acids is 2. The maximum Gasteiger partial charge on any atom is 0.316 e. The van der Waals surface area contributed by atoms with E-state index >= 15 is 0 Å². The van der Waals surface area contributed by atoms with Crippen LogP contribution >= 0.6 is 0 Å². The summed E-state index contributed by atoms with van der Waals surface area (Å²) < 4.78 is 22.6. The molecule has 1 heterocycles. The number of esters is 1. The summed E-state index contributed by atoms with van der Waals surface area (Å²) in [5, 5.41) is 12.0. The number of nitrogens with zero attached hydrogens (tertiary/aromatic N) is 1. The van der Waals surface area contributed by atoms with Crippen molar-refractivity contribution in [3.8, 4) is 34.4 Å². The summed E-state index contributed by atoms with van der Waals surface area (Å²) in [5.74, 6) is 0.520. The predicted molar refractivity (Wildman–Crippen MR) is 121 cm³/mol. The first-order valence-electron chi connectivity index (χ1n) is 10.5. The van der Waals surface area contributed by atoms with Gasteiger partial charge in [-0.15, -0.1) is 0 Å². The molecule has 0 aliphatic carbocycles.